The summed E-state index contributed by atoms with van der Waals surface area (Å²) in [6, 6.07) is 1.20. The van der Waals surface area contributed by atoms with Gasteiger partial charge in [-0.3, -0.25) is 0 Å². The van der Waals surface area contributed by atoms with E-state index in [4.69, 9.17) is 4.74 Å². The van der Waals surface area contributed by atoms with Crippen LogP contribution in [0.5, 0.6) is 0 Å². The van der Waals surface area contributed by atoms with Gasteiger partial charge in [0.2, 0.25) is 0 Å². The van der Waals surface area contributed by atoms with Gasteiger partial charge in [-0.05, 0) is 6.04 Å². The molecule has 0 aromatic rings. The van der Waals surface area contributed by atoms with Gasteiger partial charge in [-0.15, -0.1) is 0 Å². The van der Waals surface area contributed by atoms with Crippen LogP contribution >= 0.6 is 0 Å². The molecule has 0 fully saturated rings. The van der Waals surface area contributed by atoms with Gasteiger partial charge in [0.15, 0.2) is 0 Å². The summed E-state index contributed by atoms with van der Waals surface area (Å²) >= 11 is 0. The van der Waals surface area contributed by atoms with E-state index >= 15 is 0 Å². The van der Waals surface area contributed by atoms with Crippen molar-refractivity contribution in [2.75, 3.05) is 13.3 Å². The second-order valence-corrected chi connectivity index (χ2v) is 10.3. The maximum Gasteiger partial charge on any atom is 0.117 e. The molecule has 0 aliphatic carbocycles. The molecule has 0 aliphatic rings. The van der Waals surface area contributed by atoms with Crippen molar-refractivity contribution in [2.45, 2.75) is 39.0 Å². The second-order valence-electron chi connectivity index (χ2n) is 4.65. The molecule has 0 atom stereocenters. The lowest BCUT2D eigenvalue weighted by Crippen LogP contribution is -2.27. The predicted molar refractivity (Wildman–Crippen MR) is 70.0 cm³/mol. The summed E-state index contributed by atoms with van der Waals surface area (Å²) in [6.45, 7) is 14.0. The fourth-order valence-corrected chi connectivity index (χ4v) is 1.71. The van der Waals surface area contributed by atoms with Crippen LogP contribution in [0.25, 0.3) is 0 Å². The monoisotopic (exact) mass is 228 g/mol. The van der Waals surface area contributed by atoms with Crippen molar-refractivity contribution in [3.63, 3.8) is 0 Å². The molecule has 0 bridgehead atoms. The number of nitrogens with zero attached hydrogens (tertiary/aromatic N) is 1. The fraction of sp³-hybridized carbons (Fsp3) is 0.727. The van der Waals surface area contributed by atoms with Gasteiger partial charge in [0.05, 0.1) is 0 Å². The van der Waals surface area contributed by atoms with Crippen LogP contribution in [0.1, 0.15) is 13.3 Å². The first kappa shape index (κ1) is 14.4. The molecule has 0 rings (SSSR count). The van der Waals surface area contributed by atoms with Crippen LogP contribution in [0.15, 0.2) is 17.8 Å². The lowest BCUT2D eigenvalue weighted by Gasteiger charge is -2.15. The summed E-state index contributed by atoms with van der Waals surface area (Å²) < 4.78 is 5.50. The van der Waals surface area contributed by atoms with E-state index < -0.39 is 8.07 Å². The summed E-state index contributed by atoms with van der Waals surface area (Å²) in [4.78, 5) is 4.09. The quantitative estimate of drug-likeness (QED) is 0.239. The Morgan fingerprint density at radius 2 is 2.13 bits per heavy atom. The fourth-order valence-electron chi connectivity index (χ4n) is 0.957. The lowest BCUT2D eigenvalue weighted by molar-refractivity contribution is 0.141. The van der Waals surface area contributed by atoms with E-state index in [9.17, 15) is 0 Å². The van der Waals surface area contributed by atoms with Crippen molar-refractivity contribution in [2.24, 2.45) is 4.99 Å². The van der Waals surface area contributed by atoms with Crippen molar-refractivity contribution in [3.05, 3.63) is 12.8 Å². The molecule has 0 unspecified atom stereocenters. The highest BCUT2D eigenvalue weighted by molar-refractivity contribution is 6.76. The molecule has 0 heterocycles. The minimum absolute atomic E-state index is 0.547. The highest BCUT2D eigenvalue weighted by Crippen LogP contribution is 2.06. The van der Waals surface area contributed by atoms with Crippen LogP contribution in [0.2, 0.25) is 25.7 Å². The minimum atomic E-state index is -0.957. The lowest BCUT2D eigenvalue weighted by atomic mass is 10.4. The third-order valence-electron chi connectivity index (χ3n) is 1.96. The van der Waals surface area contributed by atoms with Crippen LogP contribution in [0, 0.1) is 0 Å². The average Bonchev–Trinajstić information content (AvgIpc) is 2.14. The Kier molecular flexibility index (Phi) is 7.34. The molecule has 15 heavy (non-hydrogen) atoms. The molecule has 1 N–H and O–H groups in total. The summed E-state index contributed by atoms with van der Waals surface area (Å²) in [5.74, 6) is 0.929. The molecule has 0 spiro atoms. The highest BCUT2D eigenvalue weighted by Gasteiger charge is 2.11. The molecular weight excluding hydrogens is 204 g/mol. The predicted octanol–water partition coefficient (Wildman–Crippen LogP) is 2.84. The van der Waals surface area contributed by atoms with Gasteiger partial charge in [-0.1, -0.05) is 33.1 Å². The van der Waals surface area contributed by atoms with E-state index in [0.29, 0.717) is 6.73 Å². The molecule has 0 aromatic heterocycles. The molecular formula is C11H24N2OSi. The molecule has 0 amide bonds. The van der Waals surface area contributed by atoms with E-state index in [2.05, 4.69) is 43.5 Å². The van der Waals surface area contributed by atoms with Crippen molar-refractivity contribution < 1.29 is 4.74 Å². The largest absolute Gasteiger partial charge is 0.362 e. The molecule has 0 aromatic carbocycles. The van der Waals surface area contributed by atoms with E-state index in [1.165, 1.54) is 6.04 Å². The second kappa shape index (κ2) is 7.65. The minimum Gasteiger partial charge on any atom is -0.362 e. The summed E-state index contributed by atoms with van der Waals surface area (Å²) in [7, 11) is -0.957. The summed E-state index contributed by atoms with van der Waals surface area (Å²) in [6.07, 6.45) is 2.43. The van der Waals surface area contributed by atoms with Gasteiger partial charge in [0.1, 0.15) is 12.6 Å². The van der Waals surface area contributed by atoms with Gasteiger partial charge >= 0.3 is 0 Å². The number of hydrogen-bond acceptors (Lipinski definition) is 2. The Bertz CT molecular complexity index is 209. The van der Waals surface area contributed by atoms with Gasteiger partial charge < -0.3 is 10.1 Å². The number of hydrogen-bond donors (Lipinski definition) is 1. The third kappa shape index (κ3) is 9.69. The van der Waals surface area contributed by atoms with Crippen molar-refractivity contribution >= 4 is 13.9 Å². The normalized spacial score (nSPS) is 12.7. The molecule has 88 valence electrons. The number of nitrogens with one attached hydrogen (secondary N) is 1. The maximum atomic E-state index is 5.50. The van der Waals surface area contributed by atoms with Crippen molar-refractivity contribution in [3.8, 4) is 0 Å². The van der Waals surface area contributed by atoms with Crippen LogP contribution < -0.4 is 5.32 Å². The van der Waals surface area contributed by atoms with Crippen molar-refractivity contribution in [1.82, 2.24) is 5.32 Å². The summed E-state index contributed by atoms with van der Waals surface area (Å²) in [5.41, 5.74) is 0. The number of rotatable bonds is 7. The summed E-state index contributed by atoms with van der Waals surface area (Å²) in [5, 5.41) is 3.13. The Balaban J connectivity index is 3.53. The average molecular weight is 228 g/mol. The number of ether oxygens (including phenoxy) is 1. The molecule has 0 aliphatic heterocycles. The molecule has 3 nitrogen and oxygen atoms in total. The molecule has 4 heteroatoms. The first-order valence-electron chi connectivity index (χ1n) is 5.49. The number of aliphatic imine (C=N–C) groups is 1. The standard InChI is InChI=1S/C11H24N2OSi/c1-6-11(12-7-2)13-10-14-8-9-15(3,4)5/h7H,2,6,8-10H2,1,3-5H3,(H,12,13). The highest BCUT2D eigenvalue weighted by atomic mass is 28.3. The molecule has 0 saturated carbocycles. The van der Waals surface area contributed by atoms with Crippen LogP contribution in [-0.2, 0) is 4.74 Å². The zero-order valence-electron chi connectivity index (χ0n) is 10.5. The topological polar surface area (TPSA) is 33.6 Å². The maximum absolute atomic E-state index is 5.50. The first-order valence-corrected chi connectivity index (χ1v) is 9.19. The van der Waals surface area contributed by atoms with Crippen LogP contribution in [0.3, 0.4) is 0 Å². The van der Waals surface area contributed by atoms with Gasteiger partial charge in [0.25, 0.3) is 0 Å². The molecule has 0 saturated heterocycles. The molecule has 0 radical (unpaired) electrons. The third-order valence-corrected chi connectivity index (χ3v) is 3.66. The van der Waals surface area contributed by atoms with E-state index in [1.54, 1.807) is 6.20 Å². The Labute approximate surface area is 94.6 Å². The Morgan fingerprint density at radius 1 is 1.47 bits per heavy atom. The van der Waals surface area contributed by atoms with Crippen LogP contribution in [0.4, 0.5) is 0 Å². The van der Waals surface area contributed by atoms with E-state index in [1.807, 2.05) is 0 Å². The zero-order valence-corrected chi connectivity index (χ0v) is 11.5. The van der Waals surface area contributed by atoms with E-state index in [0.717, 1.165) is 18.9 Å². The van der Waals surface area contributed by atoms with Crippen LogP contribution in [-0.4, -0.2) is 27.2 Å². The Hall–Kier alpha value is -0.613. The smallest absolute Gasteiger partial charge is 0.117 e. The SMILES string of the molecule is C=C/N=C(\CC)NCOCC[Si](C)(C)C. The Morgan fingerprint density at radius 3 is 2.60 bits per heavy atom. The first-order chi connectivity index (χ1) is 6.99. The van der Waals surface area contributed by atoms with Gasteiger partial charge in [-0.25, -0.2) is 4.99 Å². The van der Waals surface area contributed by atoms with Gasteiger partial charge in [0, 0.05) is 27.3 Å². The van der Waals surface area contributed by atoms with Gasteiger partial charge in [-0.2, -0.15) is 0 Å². The number of amidine groups is 1. The zero-order chi connectivity index (χ0) is 11.7. The van der Waals surface area contributed by atoms with E-state index in [-0.39, 0.29) is 0 Å². The van der Waals surface area contributed by atoms with Crippen molar-refractivity contribution in [1.29, 1.82) is 0 Å².